The lowest BCUT2D eigenvalue weighted by Gasteiger charge is -2.27. The van der Waals surface area contributed by atoms with Gasteiger partial charge < -0.3 is 30.1 Å². The van der Waals surface area contributed by atoms with Gasteiger partial charge in [0, 0.05) is 24.4 Å². The second-order valence-corrected chi connectivity index (χ2v) is 8.97. The molecule has 1 fully saturated rings. The van der Waals surface area contributed by atoms with Crippen LogP contribution in [0.15, 0.2) is 30.3 Å². The zero-order valence-corrected chi connectivity index (χ0v) is 19.0. The van der Waals surface area contributed by atoms with Gasteiger partial charge in [-0.3, -0.25) is 4.79 Å². The maximum atomic E-state index is 13.0. The van der Waals surface area contributed by atoms with Crippen molar-refractivity contribution in [2.75, 3.05) is 31.3 Å². The molecule has 0 bridgehead atoms. The van der Waals surface area contributed by atoms with Crippen molar-refractivity contribution >= 4 is 17.3 Å². The summed E-state index contributed by atoms with van der Waals surface area (Å²) in [6, 6.07) is 7.19. The highest BCUT2D eigenvalue weighted by Gasteiger charge is 2.32. The van der Waals surface area contributed by atoms with Crippen molar-refractivity contribution < 1.29 is 32.5 Å². The SMILES string of the molecule is CN(C)Cc1cc(C2CCCC2)c(O)cc1NC(=O)C1CNc2cc(OC(F)(F)F)ccc2O1. The van der Waals surface area contributed by atoms with E-state index in [0.717, 1.165) is 42.9 Å². The van der Waals surface area contributed by atoms with Gasteiger partial charge in [0.05, 0.1) is 12.2 Å². The van der Waals surface area contributed by atoms with Crippen LogP contribution in [0.1, 0.15) is 42.7 Å². The summed E-state index contributed by atoms with van der Waals surface area (Å²) >= 11 is 0. The van der Waals surface area contributed by atoms with Gasteiger partial charge in [0.15, 0.2) is 6.10 Å². The van der Waals surface area contributed by atoms with Gasteiger partial charge in [-0.05, 0) is 62.2 Å². The van der Waals surface area contributed by atoms with E-state index >= 15 is 0 Å². The number of hydrogen-bond acceptors (Lipinski definition) is 6. The van der Waals surface area contributed by atoms with Crippen molar-refractivity contribution in [1.82, 2.24) is 4.90 Å². The molecule has 1 amide bonds. The lowest BCUT2D eigenvalue weighted by molar-refractivity contribution is -0.274. The highest BCUT2D eigenvalue weighted by molar-refractivity contribution is 5.96. The highest BCUT2D eigenvalue weighted by Crippen LogP contribution is 2.41. The second-order valence-electron chi connectivity index (χ2n) is 8.97. The van der Waals surface area contributed by atoms with Gasteiger partial charge in [0.25, 0.3) is 5.91 Å². The first-order valence-electron chi connectivity index (χ1n) is 11.2. The number of rotatable bonds is 6. The minimum Gasteiger partial charge on any atom is -0.508 e. The van der Waals surface area contributed by atoms with E-state index in [1.165, 1.54) is 12.1 Å². The van der Waals surface area contributed by atoms with Gasteiger partial charge in [-0.15, -0.1) is 13.2 Å². The Kier molecular flexibility index (Phi) is 6.79. The number of halogens is 3. The Morgan fingerprint density at radius 3 is 2.65 bits per heavy atom. The number of phenolic OH excluding ortho intramolecular Hbond substituents is 1. The Hall–Kier alpha value is -3.14. The average molecular weight is 479 g/mol. The van der Waals surface area contributed by atoms with Crippen LogP contribution in [0.25, 0.3) is 0 Å². The van der Waals surface area contributed by atoms with E-state index in [2.05, 4.69) is 15.4 Å². The van der Waals surface area contributed by atoms with E-state index in [1.54, 1.807) is 6.07 Å². The molecule has 2 aromatic carbocycles. The number of alkyl halides is 3. The first-order chi connectivity index (χ1) is 16.1. The van der Waals surface area contributed by atoms with Gasteiger partial charge in [-0.2, -0.15) is 0 Å². The van der Waals surface area contributed by atoms with Crippen LogP contribution in [-0.2, 0) is 11.3 Å². The summed E-state index contributed by atoms with van der Waals surface area (Å²) in [6.07, 6.45) is -1.35. The molecular formula is C24H28F3N3O4. The maximum Gasteiger partial charge on any atom is 0.573 e. The van der Waals surface area contributed by atoms with Gasteiger partial charge in [-0.1, -0.05) is 12.8 Å². The number of carbonyl (C=O) groups excluding carboxylic acids is 1. The first-order valence-corrected chi connectivity index (χ1v) is 11.2. The zero-order chi connectivity index (χ0) is 24.5. The molecule has 3 N–H and O–H groups in total. The lowest BCUT2D eigenvalue weighted by atomic mass is 9.94. The molecule has 2 aromatic rings. The molecule has 10 heteroatoms. The third-order valence-corrected chi connectivity index (χ3v) is 6.02. The van der Waals surface area contributed by atoms with E-state index in [-0.39, 0.29) is 23.8 Å². The van der Waals surface area contributed by atoms with Gasteiger partial charge in [0.1, 0.15) is 17.2 Å². The van der Waals surface area contributed by atoms with Gasteiger partial charge in [-0.25, -0.2) is 0 Å². The Bertz CT molecular complexity index is 1050. The van der Waals surface area contributed by atoms with Crippen molar-refractivity contribution in [2.24, 2.45) is 0 Å². The van der Waals surface area contributed by atoms with Crippen LogP contribution in [0.5, 0.6) is 17.2 Å². The maximum absolute atomic E-state index is 13.0. The fourth-order valence-electron chi connectivity index (χ4n) is 4.51. The predicted octanol–water partition coefficient (Wildman–Crippen LogP) is 4.82. The second kappa shape index (κ2) is 9.61. The van der Waals surface area contributed by atoms with Gasteiger partial charge >= 0.3 is 6.36 Å². The van der Waals surface area contributed by atoms with Crippen molar-refractivity contribution in [3.8, 4) is 17.2 Å². The normalized spacial score (nSPS) is 18.2. The van der Waals surface area contributed by atoms with E-state index in [0.29, 0.717) is 23.8 Å². The van der Waals surface area contributed by atoms with Crippen LogP contribution in [0.3, 0.4) is 0 Å². The Morgan fingerprint density at radius 2 is 1.97 bits per heavy atom. The molecular weight excluding hydrogens is 451 g/mol. The quantitative estimate of drug-likeness (QED) is 0.551. The summed E-state index contributed by atoms with van der Waals surface area (Å²) in [4.78, 5) is 15.0. The number of hydrogen-bond donors (Lipinski definition) is 3. The summed E-state index contributed by atoms with van der Waals surface area (Å²) < 4.78 is 47.0. The number of amides is 1. The molecule has 1 aliphatic carbocycles. The van der Waals surface area contributed by atoms with Crippen LogP contribution in [0.2, 0.25) is 0 Å². The van der Waals surface area contributed by atoms with Crippen molar-refractivity contribution in [1.29, 1.82) is 0 Å². The first kappa shape index (κ1) is 24.0. The van der Waals surface area contributed by atoms with Crippen LogP contribution in [-0.4, -0.2) is 49.0 Å². The molecule has 2 aliphatic rings. The number of nitrogens with zero attached hydrogens (tertiary/aromatic N) is 1. The third-order valence-electron chi connectivity index (χ3n) is 6.02. The number of carbonyl (C=O) groups is 1. The number of anilines is 2. The van der Waals surface area contributed by atoms with Crippen LogP contribution >= 0.6 is 0 Å². The van der Waals surface area contributed by atoms with E-state index in [9.17, 15) is 23.1 Å². The monoisotopic (exact) mass is 479 g/mol. The van der Waals surface area contributed by atoms with Gasteiger partial charge in [0.2, 0.25) is 0 Å². The minimum atomic E-state index is -4.80. The molecule has 1 aliphatic heterocycles. The third kappa shape index (κ3) is 5.67. The number of benzene rings is 2. The fourth-order valence-corrected chi connectivity index (χ4v) is 4.51. The predicted molar refractivity (Wildman–Crippen MR) is 121 cm³/mol. The fraction of sp³-hybridized carbons (Fsp3) is 0.458. The van der Waals surface area contributed by atoms with E-state index in [1.807, 2.05) is 25.1 Å². The molecule has 0 aromatic heterocycles. The number of fused-ring (bicyclic) bond motifs is 1. The summed E-state index contributed by atoms with van der Waals surface area (Å²) in [5.41, 5.74) is 2.60. The summed E-state index contributed by atoms with van der Waals surface area (Å²) in [5.74, 6) is -0.0822. The molecule has 7 nitrogen and oxygen atoms in total. The van der Waals surface area contributed by atoms with Crippen LogP contribution in [0.4, 0.5) is 24.5 Å². The largest absolute Gasteiger partial charge is 0.573 e. The molecule has 1 atom stereocenters. The van der Waals surface area contributed by atoms with E-state index < -0.39 is 18.4 Å². The minimum absolute atomic E-state index is 0.0590. The standard InChI is InChI=1S/C24H28F3N3O4/c1-30(2)13-15-9-17(14-5-3-4-6-14)20(31)11-18(15)29-23(32)22-12-28-19-10-16(34-24(25,26)27)7-8-21(19)33-22/h7-11,14,22,28,31H,3-6,12-13H2,1-2H3,(H,29,32). The highest BCUT2D eigenvalue weighted by atomic mass is 19.4. The number of phenols is 1. The van der Waals surface area contributed by atoms with Crippen molar-refractivity contribution in [2.45, 2.75) is 50.6 Å². The molecule has 1 saturated carbocycles. The number of aromatic hydroxyl groups is 1. The zero-order valence-electron chi connectivity index (χ0n) is 19.0. The molecule has 0 saturated heterocycles. The summed E-state index contributed by atoms with van der Waals surface area (Å²) in [5, 5.41) is 16.4. The van der Waals surface area contributed by atoms with Crippen LogP contribution < -0.4 is 20.1 Å². The lowest BCUT2D eigenvalue weighted by Crippen LogP contribution is -2.41. The summed E-state index contributed by atoms with van der Waals surface area (Å²) in [6.45, 7) is 0.633. The molecule has 1 heterocycles. The molecule has 184 valence electrons. The molecule has 0 radical (unpaired) electrons. The average Bonchev–Trinajstić information content (AvgIpc) is 3.28. The van der Waals surface area contributed by atoms with Crippen molar-refractivity contribution in [3.05, 3.63) is 41.5 Å². The van der Waals surface area contributed by atoms with E-state index in [4.69, 9.17) is 4.74 Å². The molecule has 34 heavy (non-hydrogen) atoms. The molecule has 1 unspecified atom stereocenters. The Balaban J connectivity index is 1.49. The van der Waals surface area contributed by atoms with Crippen molar-refractivity contribution in [3.63, 3.8) is 0 Å². The smallest absolute Gasteiger partial charge is 0.508 e. The van der Waals surface area contributed by atoms with Crippen LogP contribution in [0, 0.1) is 0 Å². The number of nitrogens with one attached hydrogen (secondary N) is 2. The Labute approximate surface area is 195 Å². The summed E-state index contributed by atoms with van der Waals surface area (Å²) in [7, 11) is 3.85. The molecule has 0 spiro atoms. The molecule has 4 rings (SSSR count). The topological polar surface area (TPSA) is 83.1 Å². The number of ether oxygens (including phenoxy) is 2. The Morgan fingerprint density at radius 1 is 1.24 bits per heavy atom.